The van der Waals surface area contributed by atoms with Gasteiger partial charge in [-0.3, -0.25) is 4.79 Å². The molecule has 2 aromatic rings. The molecule has 0 spiro atoms. The van der Waals surface area contributed by atoms with E-state index < -0.39 is 0 Å². The van der Waals surface area contributed by atoms with Crippen molar-refractivity contribution in [2.24, 2.45) is 0 Å². The van der Waals surface area contributed by atoms with Crippen LogP contribution in [-0.2, 0) is 0 Å². The molecule has 2 aromatic heterocycles. The van der Waals surface area contributed by atoms with Gasteiger partial charge >= 0.3 is 0 Å². The van der Waals surface area contributed by atoms with Crippen molar-refractivity contribution < 1.29 is 4.79 Å². The highest BCUT2D eigenvalue weighted by molar-refractivity contribution is 7.27. The predicted octanol–water partition coefficient (Wildman–Crippen LogP) is 3.48. The lowest BCUT2D eigenvalue weighted by Gasteiger charge is -2.30. The molecule has 1 fully saturated rings. The number of carbonyl (C=O) groups is 1. The Bertz CT molecular complexity index is 594. The molecule has 92 valence electrons. The van der Waals surface area contributed by atoms with Crippen LogP contribution in [0.25, 0.3) is 9.40 Å². The Labute approximate surface area is 113 Å². The lowest BCUT2D eigenvalue weighted by atomic mass is 10.0. The zero-order chi connectivity index (χ0) is 12.5. The second-order valence-electron chi connectivity index (χ2n) is 4.40. The summed E-state index contributed by atoms with van der Waals surface area (Å²) in [4.78, 5) is 14.9. The van der Waals surface area contributed by atoms with E-state index in [0.717, 1.165) is 33.5 Å². The van der Waals surface area contributed by atoms with E-state index in [2.05, 4.69) is 6.07 Å². The minimum atomic E-state index is -0.244. The number of hydrogen-bond donors (Lipinski definition) is 0. The lowest BCUT2D eigenvalue weighted by Crippen LogP contribution is -2.42. The molecule has 3 nitrogen and oxygen atoms in total. The Morgan fingerprint density at radius 2 is 2.33 bits per heavy atom. The first-order chi connectivity index (χ1) is 8.79. The normalized spacial score (nSPS) is 19.9. The van der Waals surface area contributed by atoms with Crippen molar-refractivity contribution in [3.63, 3.8) is 0 Å². The van der Waals surface area contributed by atoms with Crippen LogP contribution in [0.5, 0.6) is 0 Å². The first-order valence-corrected chi connectivity index (χ1v) is 7.67. The van der Waals surface area contributed by atoms with E-state index in [1.54, 1.807) is 16.2 Å². The van der Waals surface area contributed by atoms with Crippen LogP contribution in [0.15, 0.2) is 17.5 Å². The van der Waals surface area contributed by atoms with Crippen LogP contribution in [0, 0.1) is 11.3 Å². The highest BCUT2D eigenvalue weighted by atomic mass is 32.1. The Hall–Kier alpha value is -1.38. The summed E-state index contributed by atoms with van der Waals surface area (Å²) in [7, 11) is 0. The third kappa shape index (κ3) is 1.92. The van der Waals surface area contributed by atoms with Gasteiger partial charge in [0.1, 0.15) is 6.04 Å². The van der Waals surface area contributed by atoms with Crippen LogP contribution >= 0.6 is 22.7 Å². The van der Waals surface area contributed by atoms with Gasteiger partial charge in [0.25, 0.3) is 5.91 Å². The highest BCUT2D eigenvalue weighted by Gasteiger charge is 2.28. The van der Waals surface area contributed by atoms with Crippen LogP contribution in [-0.4, -0.2) is 23.4 Å². The summed E-state index contributed by atoms with van der Waals surface area (Å²) in [6.45, 7) is 0.711. The molecule has 1 aliphatic heterocycles. The number of amides is 1. The average Bonchev–Trinajstić information content (AvgIpc) is 2.98. The minimum absolute atomic E-state index is 0.0228. The summed E-state index contributed by atoms with van der Waals surface area (Å²) < 4.78 is 2.32. The topological polar surface area (TPSA) is 44.1 Å². The van der Waals surface area contributed by atoms with Crippen molar-refractivity contribution in [3.8, 4) is 6.07 Å². The fraction of sp³-hybridized carbons (Fsp3) is 0.385. The fourth-order valence-electron chi connectivity index (χ4n) is 2.32. The van der Waals surface area contributed by atoms with Gasteiger partial charge in [0.15, 0.2) is 0 Å². The number of thiophene rings is 2. The quantitative estimate of drug-likeness (QED) is 0.800. The molecule has 0 saturated carbocycles. The van der Waals surface area contributed by atoms with Crippen molar-refractivity contribution in [2.45, 2.75) is 25.3 Å². The van der Waals surface area contributed by atoms with Gasteiger partial charge in [-0.25, -0.2) is 0 Å². The van der Waals surface area contributed by atoms with E-state index in [1.807, 2.05) is 17.5 Å². The molecule has 3 rings (SSSR count). The maximum absolute atomic E-state index is 12.4. The molecule has 0 aromatic carbocycles. The summed E-state index contributed by atoms with van der Waals surface area (Å²) in [5.74, 6) is 0.0228. The summed E-state index contributed by atoms with van der Waals surface area (Å²) in [6, 6.07) is 6.00. The van der Waals surface area contributed by atoms with Gasteiger partial charge in [-0.1, -0.05) is 0 Å². The van der Waals surface area contributed by atoms with Crippen LogP contribution in [0.4, 0.5) is 0 Å². The zero-order valence-electron chi connectivity index (χ0n) is 9.76. The van der Waals surface area contributed by atoms with Gasteiger partial charge in [-0.15, -0.1) is 22.7 Å². The molecule has 18 heavy (non-hydrogen) atoms. The average molecular weight is 276 g/mol. The number of carbonyl (C=O) groups excluding carboxylic acids is 1. The molecule has 0 bridgehead atoms. The van der Waals surface area contributed by atoms with E-state index in [9.17, 15) is 4.79 Å². The molecule has 0 N–H and O–H groups in total. The van der Waals surface area contributed by atoms with Gasteiger partial charge < -0.3 is 4.90 Å². The van der Waals surface area contributed by atoms with Gasteiger partial charge in [0.2, 0.25) is 0 Å². The number of hydrogen-bond acceptors (Lipinski definition) is 4. The van der Waals surface area contributed by atoms with Crippen LogP contribution in [0.2, 0.25) is 0 Å². The third-order valence-corrected chi connectivity index (χ3v) is 5.34. The molecular weight excluding hydrogens is 264 g/mol. The number of fused-ring (bicyclic) bond motifs is 1. The Morgan fingerprint density at radius 3 is 3.11 bits per heavy atom. The van der Waals surface area contributed by atoms with Gasteiger partial charge in [-0.2, -0.15) is 5.26 Å². The molecule has 1 atom stereocenters. The standard InChI is InChI=1S/C13H12N2OS2/c14-8-9-3-1-2-5-15(9)13(16)12-7-11-10(18-12)4-6-17-11/h4,6-7,9H,1-3,5H2. The molecule has 0 aliphatic carbocycles. The molecule has 1 amide bonds. The van der Waals surface area contributed by atoms with Crippen molar-refractivity contribution in [1.29, 1.82) is 5.26 Å². The third-order valence-electron chi connectivity index (χ3n) is 3.26. The van der Waals surface area contributed by atoms with Crippen molar-refractivity contribution >= 4 is 38.0 Å². The largest absolute Gasteiger partial charge is 0.322 e. The minimum Gasteiger partial charge on any atom is -0.322 e. The lowest BCUT2D eigenvalue weighted by molar-refractivity contribution is 0.0675. The first-order valence-electron chi connectivity index (χ1n) is 5.97. The van der Waals surface area contributed by atoms with E-state index >= 15 is 0 Å². The maximum atomic E-state index is 12.4. The van der Waals surface area contributed by atoms with Crippen LogP contribution in [0.1, 0.15) is 28.9 Å². The van der Waals surface area contributed by atoms with Gasteiger partial charge in [-0.05, 0) is 36.8 Å². The predicted molar refractivity (Wildman–Crippen MR) is 74.0 cm³/mol. The molecule has 5 heteroatoms. The zero-order valence-corrected chi connectivity index (χ0v) is 11.4. The number of likely N-dealkylation sites (tertiary alicyclic amines) is 1. The molecule has 1 unspecified atom stereocenters. The highest BCUT2D eigenvalue weighted by Crippen LogP contribution is 2.31. The molecule has 0 radical (unpaired) electrons. The summed E-state index contributed by atoms with van der Waals surface area (Å²) in [6.07, 6.45) is 2.85. The first kappa shape index (κ1) is 11.7. The number of nitrogens with zero attached hydrogens (tertiary/aromatic N) is 2. The SMILES string of the molecule is N#CC1CCCCN1C(=O)c1cc2sccc2s1. The van der Waals surface area contributed by atoms with Gasteiger partial charge in [0.05, 0.1) is 10.9 Å². The Morgan fingerprint density at radius 1 is 1.44 bits per heavy atom. The molecule has 1 aliphatic rings. The maximum Gasteiger partial charge on any atom is 0.265 e. The van der Waals surface area contributed by atoms with Crippen molar-refractivity contribution in [1.82, 2.24) is 4.90 Å². The Balaban J connectivity index is 1.89. The second-order valence-corrected chi connectivity index (χ2v) is 6.43. The van der Waals surface area contributed by atoms with E-state index in [4.69, 9.17) is 5.26 Å². The van der Waals surface area contributed by atoms with E-state index in [0.29, 0.717) is 6.54 Å². The van der Waals surface area contributed by atoms with Crippen LogP contribution in [0.3, 0.4) is 0 Å². The van der Waals surface area contributed by atoms with E-state index in [-0.39, 0.29) is 11.9 Å². The number of nitriles is 1. The Kier molecular flexibility index (Phi) is 3.06. The summed E-state index contributed by atoms with van der Waals surface area (Å²) in [5, 5.41) is 11.2. The molecular formula is C13H12N2OS2. The van der Waals surface area contributed by atoms with Crippen molar-refractivity contribution in [3.05, 3.63) is 22.4 Å². The monoisotopic (exact) mass is 276 g/mol. The second kappa shape index (κ2) is 4.71. The van der Waals surface area contributed by atoms with Crippen LogP contribution < -0.4 is 0 Å². The number of piperidine rings is 1. The fourth-order valence-corrected chi connectivity index (χ4v) is 4.39. The number of rotatable bonds is 1. The summed E-state index contributed by atoms with van der Waals surface area (Å²) >= 11 is 3.18. The van der Waals surface area contributed by atoms with E-state index in [1.165, 1.54) is 11.3 Å². The molecule has 3 heterocycles. The van der Waals surface area contributed by atoms with Crippen molar-refractivity contribution in [2.75, 3.05) is 6.54 Å². The summed E-state index contributed by atoms with van der Waals surface area (Å²) in [5.41, 5.74) is 0. The van der Waals surface area contributed by atoms with Gasteiger partial charge in [0, 0.05) is 15.9 Å². The smallest absolute Gasteiger partial charge is 0.265 e. The molecule has 1 saturated heterocycles.